The fourth-order valence-corrected chi connectivity index (χ4v) is 4.29. The molecular weight excluding hydrogens is 376 g/mol. The van der Waals surface area contributed by atoms with E-state index in [9.17, 15) is 4.79 Å². The number of nitrogen functional groups attached to an aromatic ring is 1. The van der Waals surface area contributed by atoms with Crippen LogP contribution in [-0.2, 0) is 10.3 Å². The number of likely N-dealkylation sites (N-methyl/N-ethyl adjacent to an activating group) is 1. The van der Waals surface area contributed by atoms with E-state index < -0.39 is 5.54 Å². The summed E-state index contributed by atoms with van der Waals surface area (Å²) in [6.45, 7) is 0. The number of carbonyl (C=O) groups excluding carboxylic acids is 1. The van der Waals surface area contributed by atoms with E-state index in [-0.39, 0.29) is 18.0 Å². The Labute approximate surface area is 174 Å². The highest BCUT2D eigenvalue weighted by Crippen LogP contribution is 2.50. The Morgan fingerprint density at radius 2 is 1.77 bits per heavy atom. The van der Waals surface area contributed by atoms with Crippen molar-refractivity contribution in [3.05, 3.63) is 83.9 Å². The van der Waals surface area contributed by atoms with Gasteiger partial charge in [0.2, 0.25) is 0 Å². The van der Waals surface area contributed by atoms with Gasteiger partial charge in [-0.3, -0.25) is 9.69 Å². The van der Waals surface area contributed by atoms with Crippen LogP contribution in [0.2, 0.25) is 0 Å². The number of aliphatic imine (C=N–C) groups is 1. The summed E-state index contributed by atoms with van der Waals surface area (Å²) in [5.41, 5.74) is 15.3. The van der Waals surface area contributed by atoms with Gasteiger partial charge in [-0.15, -0.1) is 0 Å². The van der Waals surface area contributed by atoms with Crippen LogP contribution in [0, 0.1) is 0 Å². The number of nitrogens with two attached hydrogens (primary N) is 2. The zero-order valence-corrected chi connectivity index (χ0v) is 16.6. The highest BCUT2D eigenvalue weighted by Gasteiger charge is 2.53. The van der Waals surface area contributed by atoms with Crippen molar-refractivity contribution in [3.63, 3.8) is 0 Å². The SMILES string of the molecule is CN1C(=O)C2(CC(c3ccccc3)Oc3ccc(-c4cccc(N)c4)cc32)N=C1N. The number of rotatable bonds is 2. The summed E-state index contributed by atoms with van der Waals surface area (Å²) in [6.07, 6.45) is 0.0813. The Morgan fingerprint density at radius 1 is 1.00 bits per heavy atom. The van der Waals surface area contributed by atoms with Gasteiger partial charge in [0.05, 0.1) is 0 Å². The third-order valence-electron chi connectivity index (χ3n) is 5.87. The molecule has 2 aliphatic rings. The van der Waals surface area contributed by atoms with E-state index in [1.807, 2.05) is 72.8 Å². The van der Waals surface area contributed by atoms with E-state index in [0.29, 0.717) is 17.9 Å². The van der Waals surface area contributed by atoms with E-state index in [1.54, 1.807) is 7.05 Å². The summed E-state index contributed by atoms with van der Waals surface area (Å²) < 4.78 is 6.33. The van der Waals surface area contributed by atoms with Crippen molar-refractivity contribution >= 4 is 17.6 Å². The van der Waals surface area contributed by atoms with Crippen LogP contribution in [0.3, 0.4) is 0 Å². The smallest absolute Gasteiger partial charge is 0.261 e. The van der Waals surface area contributed by atoms with Gasteiger partial charge in [0.25, 0.3) is 5.91 Å². The number of hydrogen-bond donors (Lipinski definition) is 2. The Bertz CT molecular complexity index is 1170. The van der Waals surface area contributed by atoms with Gasteiger partial charge in [0, 0.05) is 24.7 Å². The second-order valence-corrected chi connectivity index (χ2v) is 7.75. The molecule has 1 spiro atoms. The molecule has 0 radical (unpaired) electrons. The largest absolute Gasteiger partial charge is 0.485 e. The van der Waals surface area contributed by atoms with Crippen LogP contribution in [0.15, 0.2) is 77.8 Å². The number of amides is 1. The number of fused-ring (bicyclic) bond motifs is 2. The zero-order chi connectivity index (χ0) is 20.9. The molecule has 0 saturated carbocycles. The van der Waals surface area contributed by atoms with Gasteiger partial charge >= 0.3 is 0 Å². The molecule has 2 atom stereocenters. The number of carbonyl (C=O) groups is 1. The second kappa shape index (κ2) is 6.62. The third-order valence-corrected chi connectivity index (χ3v) is 5.87. The molecule has 4 N–H and O–H groups in total. The molecule has 150 valence electrons. The summed E-state index contributed by atoms with van der Waals surface area (Å²) in [5.74, 6) is 0.715. The monoisotopic (exact) mass is 398 g/mol. The van der Waals surface area contributed by atoms with Gasteiger partial charge < -0.3 is 16.2 Å². The molecule has 0 fully saturated rings. The van der Waals surface area contributed by atoms with Gasteiger partial charge in [-0.25, -0.2) is 4.99 Å². The van der Waals surface area contributed by atoms with Gasteiger partial charge in [0.1, 0.15) is 11.9 Å². The van der Waals surface area contributed by atoms with Crippen LogP contribution < -0.4 is 16.2 Å². The van der Waals surface area contributed by atoms with Gasteiger partial charge in [-0.2, -0.15) is 0 Å². The predicted octanol–water partition coefficient (Wildman–Crippen LogP) is 3.44. The number of nitrogens with zero attached hydrogens (tertiary/aromatic N) is 2. The van der Waals surface area contributed by atoms with Crippen molar-refractivity contribution < 1.29 is 9.53 Å². The normalized spacial score (nSPS) is 22.6. The van der Waals surface area contributed by atoms with E-state index in [1.165, 1.54) is 4.90 Å². The molecule has 3 aromatic rings. The number of hydrogen-bond acceptors (Lipinski definition) is 5. The first-order valence-corrected chi connectivity index (χ1v) is 9.83. The first-order valence-electron chi connectivity index (χ1n) is 9.83. The lowest BCUT2D eigenvalue weighted by molar-refractivity contribution is -0.132. The van der Waals surface area contributed by atoms with Crippen LogP contribution in [0.25, 0.3) is 11.1 Å². The maximum Gasteiger partial charge on any atom is 0.261 e. The van der Waals surface area contributed by atoms with Crippen LogP contribution in [0.4, 0.5) is 5.69 Å². The summed E-state index contributed by atoms with van der Waals surface area (Å²) in [7, 11) is 1.66. The minimum absolute atomic E-state index is 0.143. The molecule has 0 bridgehead atoms. The molecule has 30 heavy (non-hydrogen) atoms. The lowest BCUT2D eigenvalue weighted by Crippen LogP contribution is -2.43. The minimum Gasteiger partial charge on any atom is -0.485 e. The first kappa shape index (κ1) is 18.2. The predicted molar refractivity (Wildman–Crippen MR) is 117 cm³/mol. The average Bonchev–Trinajstić information content (AvgIpc) is 2.98. The molecule has 3 aromatic carbocycles. The van der Waals surface area contributed by atoms with Gasteiger partial charge in [-0.05, 0) is 41.0 Å². The zero-order valence-electron chi connectivity index (χ0n) is 16.6. The summed E-state index contributed by atoms with van der Waals surface area (Å²) in [5, 5.41) is 0. The molecule has 0 saturated heterocycles. The Kier molecular flexibility index (Phi) is 4.03. The maximum atomic E-state index is 13.4. The van der Waals surface area contributed by atoms with Crippen molar-refractivity contribution in [2.75, 3.05) is 12.8 Å². The summed E-state index contributed by atoms with van der Waals surface area (Å²) in [4.78, 5) is 19.5. The van der Waals surface area contributed by atoms with Gasteiger partial charge in [0.15, 0.2) is 11.5 Å². The second-order valence-electron chi connectivity index (χ2n) is 7.75. The van der Waals surface area contributed by atoms with Crippen LogP contribution >= 0.6 is 0 Å². The minimum atomic E-state index is -1.11. The molecule has 5 rings (SSSR count). The standard InChI is InChI=1S/C24H22N4O2/c1-28-22(29)24(27-23(28)26)14-21(15-6-3-2-4-7-15)30-20-11-10-17(13-19(20)24)16-8-5-9-18(25)12-16/h2-13,21H,14,25H2,1H3,(H2,26,27). The lowest BCUT2D eigenvalue weighted by atomic mass is 9.79. The highest BCUT2D eigenvalue weighted by atomic mass is 16.5. The summed E-state index contributed by atoms with van der Waals surface area (Å²) in [6, 6.07) is 23.4. The topological polar surface area (TPSA) is 93.9 Å². The average molecular weight is 398 g/mol. The van der Waals surface area contributed by atoms with Crippen LogP contribution in [0.5, 0.6) is 5.75 Å². The fraction of sp³-hybridized carbons (Fsp3) is 0.167. The summed E-state index contributed by atoms with van der Waals surface area (Å²) >= 11 is 0. The number of benzene rings is 3. The number of anilines is 1. The molecule has 6 nitrogen and oxygen atoms in total. The van der Waals surface area contributed by atoms with E-state index in [4.69, 9.17) is 16.2 Å². The first-order chi connectivity index (χ1) is 14.5. The van der Waals surface area contributed by atoms with Crippen molar-refractivity contribution in [2.45, 2.75) is 18.1 Å². The van der Waals surface area contributed by atoms with Crippen molar-refractivity contribution in [3.8, 4) is 16.9 Å². The highest BCUT2D eigenvalue weighted by molar-refractivity contribution is 6.07. The maximum absolute atomic E-state index is 13.4. The quantitative estimate of drug-likeness (QED) is 0.647. The van der Waals surface area contributed by atoms with E-state index >= 15 is 0 Å². The molecule has 0 aliphatic carbocycles. The molecule has 2 heterocycles. The van der Waals surface area contributed by atoms with Crippen LogP contribution in [0.1, 0.15) is 23.7 Å². The molecule has 0 aromatic heterocycles. The lowest BCUT2D eigenvalue weighted by Gasteiger charge is -2.37. The molecule has 1 amide bonds. The Morgan fingerprint density at radius 3 is 2.47 bits per heavy atom. The third kappa shape index (κ3) is 2.72. The van der Waals surface area contributed by atoms with Gasteiger partial charge in [-0.1, -0.05) is 48.5 Å². The van der Waals surface area contributed by atoms with E-state index in [0.717, 1.165) is 22.3 Å². The Balaban J connectivity index is 1.68. The van der Waals surface area contributed by atoms with Crippen molar-refractivity contribution in [2.24, 2.45) is 10.7 Å². The molecule has 2 aliphatic heterocycles. The molecule has 2 unspecified atom stereocenters. The van der Waals surface area contributed by atoms with Crippen molar-refractivity contribution in [1.29, 1.82) is 0 Å². The fourth-order valence-electron chi connectivity index (χ4n) is 4.29. The van der Waals surface area contributed by atoms with E-state index in [2.05, 4.69) is 4.99 Å². The Hall–Kier alpha value is -3.80. The molecule has 6 heteroatoms. The molecular formula is C24H22N4O2. The number of ether oxygens (including phenoxy) is 1. The van der Waals surface area contributed by atoms with Crippen molar-refractivity contribution in [1.82, 2.24) is 4.90 Å². The number of guanidine groups is 1. The van der Waals surface area contributed by atoms with Crippen LogP contribution in [-0.4, -0.2) is 23.8 Å².